The zero-order chi connectivity index (χ0) is 22.7. The summed E-state index contributed by atoms with van der Waals surface area (Å²) in [4.78, 5) is 11.4. The highest BCUT2D eigenvalue weighted by Gasteiger charge is 2.33. The lowest BCUT2D eigenvalue weighted by atomic mass is 9.73. The molecule has 5 nitrogen and oxygen atoms in total. The zero-order valence-electron chi connectivity index (χ0n) is 20.4. The summed E-state index contributed by atoms with van der Waals surface area (Å²) in [6.45, 7) is 17.8. The van der Waals surface area contributed by atoms with Crippen LogP contribution in [0.4, 0.5) is 0 Å². The maximum absolute atomic E-state index is 12.7. The standard InChI is InChI=1S/C23H48N2O3S/c1-9-11-14-22(7,19(3)4)18-25-29(27,28)16-13-20(5)23(8,15-12-10-2)17-24-21(6)26/h19-20,25H,9-18H2,1-8H3,(H,24,26). The van der Waals surface area contributed by atoms with Gasteiger partial charge in [0.25, 0.3) is 0 Å². The van der Waals surface area contributed by atoms with Crippen LogP contribution in [0.3, 0.4) is 0 Å². The minimum Gasteiger partial charge on any atom is -0.356 e. The molecule has 1 amide bonds. The maximum atomic E-state index is 12.7. The first kappa shape index (κ1) is 28.4. The Balaban J connectivity index is 4.94. The normalized spacial score (nSPS) is 17.6. The van der Waals surface area contributed by atoms with Gasteiger partial charge in [-0.15, -0.1) is 0 Å². The Labute approximate surface area is 181 Å². The fourth-order valence-electron chi connectivity index (χ4n) is 3.61. The van der Waals surface area contributed by atoms with Gasteiger partial charge < -0.3 is 5.32 Å². The Morgan fingerprint density at radius 1 is 0.931 bits per heavy atom. The molecule has 2 N–H and O–H groups in total. The summed E-state index contributed by atoms with van der Waals surface area (Å²) in [5.41, 5.74) is -0.111. The van der Waals surface area contributed by atoms with Gasteiger partial charge in [-0.05, 0) is 41.9 Å². The Morgan fingerprint density at radius 3 is 1.90 bits per heavy atom. The molecular formula is C23H48N2O3S. The average Bonchev–Trinajstić information content (AvgIpc) is 2.65. The van der Waals surface area contributed by atoms with Crippen molar-refractivity contribution in [1.29, 1.82) is 0 Å². The third kappa shape index (κ3) is 10.8. The molecule has 0 radical (unpaired) electrons. The van der Waals surface area contributed by atoms with E-state index in [2.05, 4.69) is 58.5 Å². The molecule has 0 bridgehead atoms. The van der Waals surface area contributed by atoms with Crippen molar-refractivity contribution in [2.75, 3.05) is 18.8 Å². The number of nitrogens with one attached hydrogen (secondary N) is 2. The molecule has 0 aliphatic rings. The Morgan fingerprint density at radius 2 is 1.45 bits per heavy atom. The van der Waals surface area contributed by atoms with Crippen LogP contribution in [0, 0.1) is 22.7 Å². The van der Waals surface area contributed by atoms with Crippen molar-refractivity contribution >= 4 is 15.9 Å². The third-order valence-electron chi connectivity index (χ3n) is 7.04. The summed E-state index contributed by atoms with van der Waals surface area (Å²) >= 11 is 0. The van der Waals surface area contributed by atoms with Gasteiger partial charge in [0.15, 0.2) is 0 Å². The molecule has 0 aliphatic heterocycles. The summed E-state index contributed by atoms with van der Waals surface area (Å²) in [5, 5.41) is 2.95. The minimum absolute atomic E-state index is 0.0181. The van der Waals surface area contributed by atoms with E-state index in [1.807, 2.05) is 0 Å². The van der Waals surface area contributed by atoms with E-state index in [0.29, 0.717) is 25.4 Å². The van der Waals surface area contributed by atoms with Crippen LogP contribution in [0.5, 0.6) is 0 Å². The number of amides is 1. The molecule has 174 valence electrons. The number of sulfonamides is 1. The quantitative estimate of drug-likeness (QED) is 0.355. The van der Waals surface area contributed by atoms with Crippen LogP contribution in [-0.4, -0.2) is 33.2 Å². The van der Waals surface area contributed by atoms with Gasteiger partial charge in [-0.2, -0.15) is 0 Å². The molecular weight excluding hydrogens is 384 g/mol. The van der Waals surface area contributed by atoms with E-state index in [4.69, 9.17) is 0 Å². The molecule has 3 unspecified atom stereocenters. The van der Waals surface area contributed by atoms with Gasteiger partial charge in [0.1, 0.15) is 0 Å². The first-order valence-electron chi connectivity index (χ1n) is 11.5. The first-order chi connectivity index (χ1) is 13.3. The lowest BCUT2D eigenvalue weighted by molar-refractivity contribution is -0.119. The largest absolute Gasteiger partial charge is 0.356 e. The van der Waals surface area contributed by atoms with E-state index in [9.17, 15) is 13.2 Å². The van der Waals surface area contributed by atoms with Crippen LogP contribution < -0.4 is 10.0 Å². The van der Waals surface area contributed by atoms with Gasteiger partial charge in [0, 0.05) is 20.0 Å². The maximum Gasteiger partial charge on any atom is 0.216 e. The van der Waals surface area contributed by atoms with Crippen LogP contribution in [0.15, 0.2) is 0 Å². The molecule has 0 aromatic carbocycles. The van der Waals surface area contributed by atoms with E-state index >= 15 is 0 Å². The monoisotopic (exact) mass is 432 g/mol. The van der Waals surface area contributed by atoms with E-state index in [0.717, 1.165) is 38.5 Å². The van der Waals surface area contributed by atoms with Crippen LogP contribution >= 0.6 is 0 Å². The van der Waals surface area contributed by atoms with Gasteiger partial charge in [-0.1, -0.05) is 74.1 Å². The molecule has 0 spiro atoms. The highest BCUT2D eigenvalue weighted by Crippen LogP contribution is 2.35. The zero-order valence-corrected chi connectivity index (χ0v) is 21.2. The van der Waals surface area contributed by atoms with Crippen LogP contribution in [0.1, 0.15) is 100 Å². The van der Waals surface area contributed by atoms with Crippen LogP contribution in [0.2, 0.25) is 0 Å². The van der Waals surface area contributed by atoms with E-state index in [1.54, 1.807) is 0 Å². The van der Waals surface area contributed by atoms with Gasteiger partial charge >= 0.3 is 0 Å². The molecule has 0 aromatic rings. The highest BCUT2D eigenvalue weighted by molar-refractivity contribution is 7.89. The molecule has 0 heterocycles. The van der Waals surface area contributed by atoms with E-state index in [1.165, 1.54) is 6.92 Å². The number of rotatable bonds is 16. The Hall–Kier alpha value is -0.620. The average molecular weight is 433 g/mol. The summed E-state index contributed by atoms with van der Waals surface area (Å²) < 4.78 is 28.3. The second kappa shape index (κ2) is 12.9. The fraction of sp³-hybridized carbons (Fsp3) is 0.957. The van der Waals surface area contributed by atoms with Gasteiger partial charge in [0.2, 0.25) is 15.9 Å². The molecule has 0 aliphatic carbocycles. The van der Waals surface area contributed by atoms with Crippen LogP contribution in [-0.2, 0) is 14.8 Å². The molecule has 3 atom stereocenters. The number of carbonyl (C=O) groups excluding carboxylic acids is 1. The van der Waals surface area contributed by atoms with Gasteiger partial charge in [0.05, 0.1) is 5.75 Å². The van der Waals surface area contributed by atoms with Crippen molar-refractivity contribution in [3.8, 4) is 0 Å². The van der Waals surface area contributed by atoms with Gasteiger partial charge in [-0.3, -0.25) is 4.79 Å². The lowest BCUT2D eigenvalue weighted by Crippen LogP contribution is -2.42. The fourth-order valence-corrected chi connectivity index (χ4v) is 4.96. The smallest absolute Gasteiger partial charge is 0.216 e. The molecule has 0 aromatic heterocycles. The molecule has 29 heavy (non-hydrogen) atoms. The lowest BCUT2D eigenvalue weighted by Gasteiger charge is -2.36. The van der Waals surface area contributed by atoms with Crippen LogP contribution in [0.25, 0.3) is 0 Å². The minimum atomic E-state index is -3.32. The van der Waals surface area contributed by atoms with E-state index < -0.39 is 10.0 Å². The molecule has 0 saturated carbocycles. The first-order valence-corrected chi connectivity index (χ1v) is 13.2. The third-order valence-corrected chi connectivity index (χ3v) is 8.40. The van der Waals surface area contributed by atoms with Gasteiger partial charge in [-0.25, -0.2) is 13.1 Å². The molecule has 0 saturated heterocycles. The van der Waals surface area contributed by atoms with Crippen molar-refractivity contribution in [2.45, 2.75) is 100 Å². The summed E-state index contributed by atoms with van der Waals surface area (Å²) in [7, 11) is -3.32. The van der Waals surface area contributed by atoms with Crippen molar-refractivity contribution in [3.63, 3.8) is 0 Å². The second-order valence-electron chi connectivity index (χ2n) is 9.91. The summed E-state index contributed by atoms with van der Waals surface area (Å²) in [5.74, 6) is 0.728. The number of carbonyl (C=O) groups is 1. The summed E-state index contributed by atoms with van der Waals surface area (Å²) in [6.07, 6.45) is 7.03. The Bertz CT molecular complexity index is 577. The highest BCUT2D eigenvalue weighted by atomic mass is 32.2. The topological polar surface area (TPSA) is 75.3 Å². The van der Waals surface area contributed by atoms with Crippen molar-refractivity contribution in [1.82, 2.24) is 10.0 Å². The predicted molar refractivity (Wildman–Crippen MR) is 124 cm³/mol. The predicted octanol–water partition coefficient (Wildman–Crippen LogP) is 5.12. The number of hydrogen-bond donors (Lipinski definition) is 2. The van der Waals surface area contributed by atoms with Crippen molar-refractivity contribution in [3.05, 3.63) is 0 Å². The molecule has 0 rings (SSSR count). The van der Waals surface area contributed by atoms with E-state index in [-0.39, 0.29) is 28.4 Å². The van der Waals surface area contributed by atoms with Crippen molar-refractivity contribution in [2.24, 2.45) is 22.7 Å². The number of unbranched alkanes of at least 4 members (excludes halogenated alkanes) is 2. The molecule has 0 fully saturated rings. The SMILES string of the molecule is CCCCC(C)(CNS(=O)(=O)CCC(C)C(C)(CCCC)CNC(C)=O)C(C)C. The Kier molecular flexibility index (Phi) is 12.7. The number of hydrogen-bond acceptors (Lipinski definition) is 3. The van der Waals surface area contributed by atoms with Crippen molar-refractivity contribution < 1.29 is 13.2 Å². The molecule has 6 heteroatoms. The summed E-state index contributed by atoms with van der Waals surface area (Å²) in [6, 6.07) is 0. The second-order valence-corrected chi connectivity index (χ2v) is 11.8.